The summed E-state index contributed by atoms with van der Waals surface area (Å²) >= 11 is 1.58. The van der Waals surface area contributed by atoms with Crippen LogP contribution >= 0.6 is 23.7 Å². The van der Waals surface area contributed by atoms with Crippen LogP contribution < -0.4 is 10.5 Å². The number of hydrogen-bond acceptors (Lipinski definition) is 5. The molecule has 6 heteroatoms. The monoisotopic (exact) mass is 339 g/mol. The van der Waals surface area contributed by atoms with E-state index < -0.39 is 0 Å². The fraction of sp³-hybridized carbons (Fsp3) is 0.438. The van der Waals surface area contributed by atoms with Crippen LogP contribution in [-0.2, 0) is 13.0 Å². The number of fused-ring (bicyclic) bond motifs is 1. The first-order chi connectivity index (χ1) is 10.1. The summed E-state index contributed by atoms with van der Waals surface area (Å²) in [5.41, 5.74) is 8.53. The van der Waals surface area contributed by atoms with Crippen molar-refractivity contribution in [2.24, 2.45) is 0 Å². The fourth-order valence-electron chi connectivity index (χ4n) is 3.16. The minimum atomic E-state index is 0. The highest BCUT2D eigenvalue weighted by Crippen LogP contribution is 2.36. The number of halogens is 1. The van der Waals surface area contributed by atoms with Crippen LogP contribution in [0.3, 0.4) is 0 Å². The lowest BCUT2D eigenvalue weighted by molar-refractivity contribution is 0.130. The average molecular weight is 340 g/mol. The molecule has 0 fully saturated rings. The van der Waals surface area contributed by atoms with Gasteiger partial charge in [-0.3, -0.25) is 4.90 Å². The number of ether oxygens (including phenoxy) is 1. The van der Waals surface area contributed by atoms with Gasteiger partial charge in [-0.1, -0.05) is 6.07 Å². The number of nitrogens with two attached hydrogens (primary N) is 1. The number of benzene rings is 1. The summed E-state index contributed by atoms with van der Waals surface area (Å²) in [5, 5.41) is 0.646. The van der Waals surface area contributed by atoms with E-state index in [1.54, 1.807) is 18.4 Å². The molecule has 2 atom stereocenters. The lowest BCUT2D eigenvalue weighted by atomic mass is 9.89. The van der Waals surface area contributed by atoms with Gasteiger partial charge in [0, 0.05) is 29.7 Å². The van der Waals surface area contributed by atoms with Gasteiger partial charge in [0.2, 0.25) is 0 Å². The van der Waals surface area contributed by atoms with Crippen LogP contribution in [0.1, 0.15) is 35.9 Å². The Balaban J connectivity index is 0.00000176. The standard InChI is InChI=1S/C16H21N3OS.ClH/c1-10-6-12-7-13(20-3)4-5-15(12)11(2)19(10)9-14-8-18-16(17)21-14;/h4-5,7-8,10-11H,6,9H2,1-3H3,(H2,17,18);1H. The van der Waals surface area contributed by atoms with Gasteiger partial charge in [0.05, 0.1) is 7.11 Å². The molecule has 1 aromatic heterocycles. The third kappa shape index (κ3) is 3.21. The summed E-state index contributed by atoms with van der Waals surface area (Å²) in [6.07, 6.45) is 2.94. The molecule has 0 spiro atoms. The Morgan fingerprint density at radius 3 is 2.82 bits per heavy atom. The van der Waals surface area contributed by atoms with E-state index in [4.69, 9.17) is 10.5 Å². The minimum Gasteiger partial charge on any atom is -0.497 e. The number of methoxy groups -OCH3 is 1. The van der Waals surface area contributed by atoms with Gasteiger partial charge < -0.3 is 10.5 Å². The highest BCUT2D eigenvalue weighted by molar-refractivity contribution is 7.15. The van der Waals surface area contributed by atoms with Crippen LogP contribution in [0.5, 0.6) is 5.75 Å². The van der Waals surface area contributed by atoms with Crippen LogP contribution in [0.4, 0.5) is 5.13 Å². The zero-order valence-corrected chi connectivity index (χ0v) is 14.7. The van der Waals surface area contributed by atoms with Gasteiger partial charge in [-0.05, 0) is 43.5 Å². The van der Waals surface area contributed by atoms with Crippen molar-refractivity contribution in [3.8, 4) is 5.75 Å². The first-order valence-electron chi connectivity index (χ1n) is 7.21. The Morgan fingerprint density at radius 1 is 1.41 bits per heavy atom. The van der Waals surface area contributed by atoms with Crippen molar-refractivity contribution in [1.82, 2.24) is 9.88 Å². The van der Waals surface area contributed by atoms with E-state index in [1.807, 2.05) is 12.3 Å². The number of aromatic nitrogens is 1. The van der Waals surface area contributed by atoms with Crippen LogP contribution in [-0.4, -0.2) is 23.0 Å². The lowest BCUT2D eigenvalue weighted by Crippen LogP contribution is -2.40. The van der Waals surface area contributed by atoms with Gasteiger partial charge in [0.25, 0.3) is 0 Å². The highest BCUT2D eigenvalue weighted by Gasteiger charge is 2.29. The number of anilines is 1. The largest absolute Gasteiger partial charge is 0.497 e. The van der Waals surface area contributed by atoms with Gasteiger partial charge in [-0.25, -0.2) is 4.98 Å². The van der Waals surface area contributed by atoms with E-state index in [0.29, 0.717) is 17.2 Å². The molecule has 0 saturated carbocycles. The molecular weight excluding hydrogens is 318 g/mol. The average Bonchev–Trinajstić information content (AvgIpc) is 2.88. The topological polar surface area (TPSA) is 51.4 Å². The Labute approximate surface area is 141 Å². The zero-order chi connectivity index (χ0) is 15.0. The van der Waals surface area contributed by atoms with Gasteiger partial charge in [-0.15, -0.1) is 23.7 Å². The second-order valence-corrected chi connectivity index (χ2v) is 6.78. The SMILES string of the molecule is COc1ccc2c(c1)CC(C)N(Cc1cnc(N)s1)C2C.Cl. The number of thiazole rings is 1. The van der Waals surface area contributed by atoms with Gasteiger partial charge in [0.15, 0.2) is 5.13 Å². The molecule has 0 amide bonds. The summed E-state index contributed by atoms with van der Waals surface area (Å²) in [6, 6.07) is 7.29. The smallest absolute Gasteiger partial charge is 0.180 e. The molecule has 0 radical (unpaired) electrons. The van der Waals surface area contributed by atoms with E-state index in [9.17, 15) is 0 Å². The molecule has 3 rings (SSSR count). The molecule has 0 bridgehead atoms. The zero-order valence-electron chi connectivity index (χ0n) is 13.1. The summed E-state index contributed by atoms with van der Waals surface area (Å²) in [4.78, 5) is 7.89. The van der Waals surface area contributed by atoms with Crippen molar-refractivity contribution < 1.29 is 4.74 Å². The lowest BCUT2D eigenvalue weighted by Gasteiger charge is -2.40. The van der Waals surface area contributed by atoms with Gasteiger partial charge >= 0.3 is 0 Å². The first kappa shape index (κ1) is 17.1. The maximum absolute atomic E-state index is 5.74. The van der Waals surface area contributed by atoms with E-state index >= 15 is 0 Å². The summed E-state index contributed by atoms with van der Waals surface area (Å²) in [6.45, 7) is 5.46. The van der Waals surface area contributed by atoms with Crippen LogP contribution in [0.15, 0.2) is 24.4 Å². The Hall–Kier alpha value is -1.30. The third-order valence-corrected chi connectivity index (χ3v) is 5.10. The van der Waals surface area contributed by atoms with Gasteiger partial charge in [-0.2, -0.15) is 0 Å². The van der Waals surface area contributed by atoms with Crippen LogP contribution in [0.2, 0.25) is 0 Å². The predicted molar refractivity (Wildman–Crippen MR) is 93.9 cm³/mol. The molecular formula is C16H22ClN3OS. The first-order valence-corrected chi connectivity index (χ1v) is 8.03. The van der Waals surface area contributed by atoms with Crippen molar-refractivity contribution in [2.75, 3.05) is 12.8 Å². The molecule has 1 aliphatic heterocycles. The molecule has 22 heavy (non-hydrogen) atoms. The van der Waals surface area contributed by atoms with Crippen LogP contribution in [0.25, 0.3) is 0 Å². The van der Waals surface area contributed by atoms with Crippen molar-refractivity contribution in [1.29, 1.82) is 0 Å². The summed E-state index contributed by atoms with van der Waals surface area (Å²) in [5.74, 6) is 0.942. The molecule has 0 aliphatic carbocycles. The maximum atomic E-state index is 5.74. The molecule has 2 unspecified atom stereocenters. The Morgan fingerprint density at radius 2 is 2.18 bits per heavy atom. The number of hydrogen-bond donors (Lipinski definition) is 1. The van der Waals surface area contributed by atoms with Crippen molar-refractivity contribution >= 4 is 28.9 Å². The second kappa shape index (κ2) is 6.86. The van der Waals surface area contributed by atoms with Gasteiger partial charge in [0.1, 0.15) is 5.75 Å². The Kier molecular flexibility index (Phi) is 5.32. The Bertz CT molecular complexity index is 646. The normalized spacial score (nSPS) is 21.0. The van der Waals surface area contributed by atoms with E-state index in [0.717, 1.165) is 18.7 Å². The highest BCUT2D eigenvalue weighted by atomic mass is 35.5. The molecule has 2 N–H and O–H groups in total. The second-order valence-electron chi connectivity index (χ2n) is 5.63. The molecule has 2 heterocycles. The third-order valence-electron chi connectivity index (χ3n) is 4.29. The number of rotatable bonds is 3. The fourth-order valence-corrected chi connectivity index (χ4v) is 3.85. The molecule has 0 saturated heterocycles. The molecule has 4 nitrogen and oxygen atoms in total. The van der Waals surface area contributed by atoms with Crippen molar-refractivity contribution in [2.45, 2.75) is 38.9 Å². The predicted octanol–water partition coefficient (Wildman–Crippen LogP) is 3.66. The molecule has 2 aromatic rings. The summed E-state index contributed by atoms with van der Waals surface area (Å²) < 4.78 is 5.34. The molecule has 1 aromatic carbocycles. The van der Waals surface area contributed by atoms with Crippen molar-refractivity contribution in [3.05, 3.63) is 40.4 Å². The maximum Gasteiger partial charge on any atom is 0.180 e. The molecule has 1 aliphatic rings. The summed E-state index contributed by atoms with van der Waals surface area (Å²) in [7, 11) is 1.72. The van der Waals surface area contributed by atoms with E-state index in [-0.39, 0.29) is 12.4 Å². The van der Waals surface area contributed by atoms with E-state index in [1.165, 1.54) is 16.0 Å². The quantitative estimate of drug-likeness (QED) is 0.927. The molecule has 120 valence electrons. The van der Waals surface area contributed by atoms with Crippen LogP contribution in [0, 0.1) is 0 Å². The number of nitrogens with zero attached hydrogens (tertiary/aromatic N) is 2. The number of nitrogen functional groups attached to an aromatic ring is 1. The minimum absolute atomic E-state index is 0. The van der Waals surface area contributed by atoms with E-state index in [2.05, 4.69) is 35.9 Å². The van der Waals surface area contributed by atoms with Crippen molar-refractivity contribution in [3.63, 3.8) is 0 Å².